The normalized spacial score (nSPS) is 10.9. The standard InChI is InChI=1S/C23H29N5O2.HI/c1-4-24-23(25-13-11-18-9-10-21(29-2)22(16-18)30-3)26-17-19-7-5-8-20(15-19)28-14-6-12-27-28;/h5-10,12,14-16H,4,11,13,17H2,1-3H3,(H2,24,25,26);1H. The van der Waals surface area contributed by atoms with Gasteiger partial charge in [0.1, 0.15) is 0 Å². The molecule has 1 aromatic heterocycles. The lowest BCUT2D eigenvalue weighted by molar-refractivity contribution is 0.354. The molecule has 2 aromatic carbocycles. The van der Waals surface area contributed by atoms with E-state index in [1.54, 1.807) is 20.4 Å². The summed E-state index contributed by atoms with van der Waals surface area (Å²) in [5, 5.41) is 11.0. The number of methoxy groups -OCH3 is 2. The van der Waals surface area contributed by atoms with Crippen molar-refractivity contribution in [2.45, 2.75) is 19.9 Å². The number of aromatic nitrogens is 2. The van der Waals surface area contributed by atoms with Crippen LogP contribution in [0.25, 0.3) is 5.69 Å². The molecule has 0 radical (unpaired) electrons. The molecule has 7 nitrogen and oxygen atoms in total. The van der Waals surface area contributed by atoms with Gasteiger partial charge in [0.25, 0.3) is 0 Å². The Bertz CT molecular complexity index is 960. The Morgan fingerprint density at radius 2 is 1.84 bits per heavy atom. The molecule has 0 fully saturated rings. The Labute approximate surface area is 200 Å². The van der Waals surface area contributed by atoms with E-state index < -0.39 is 0 Å². The van der Waals surface area contributed by atoms with Crippen molar-refractivity contribution in [3.05, 3.63) is 72.1 Å². The van der Waals surface area contributed by atoms with Crippen molar-refractivity contribution in [3.63, 3.8) is 0 Å². The number of nitrogens with one attached hydrogen (secondary N) is 2. The van der Waals surface area contributed by atoms with E-state index in [-0.39, 0.29) is 24.0 Å². The molecule has 0 aliphatic carbocycles. The predicted molar refractivity (Wildman–Crippen MR) is 135 cm³/mol. The summed E-state index contributed by atoms with van der Waals surface area (Å²) in [4.78, 5) is 4.72. The molecule has 0 bridgehead atoms. The van der Waals surface area contributed by atoms with E-state index in [0.717, 1.165) is 48.2 Å². The number of hydrogen-bond acceptors (Lipinski definition) is 4. The molecule has 1 heterocycles. The monoisotopic (exact) mass is 535 g/mol. The van der Waals surface area contributed by atoms with Crippen LogP contribution in [0.1, 0.15) is 18.1 Å². The van der Waals surface area contributed by atoms with E-state index in [9.17, 15) is 0 Å². The number of nitrogens with zero attached hydrogens (tertiary/aromatic N) is 3. The maximum Gasteiger partial charge on any atom is 0.191 e. The van der Waals surface area contributed by atoms with Crippen LogP contribution in [-0.4, -0.2) is 43.0 Å². The fraction of sp³-hybridized carbons (Fsp3) is 0.304. The van der Waals surface area contributed by atoms with Gasteiger partial charge in [-0.3, -0.25) is 0 Å². The van der Waals surface area contributed by atoms with E-state index in [1.165, 1.54) is 5.56 Å². The fourth-order valence-corrected chi connectivity index (χ4v) is 3.09. The van der Waals surface area contributed by atoms with Gasteiger partial charge in [0, 0.05) is 25.5 Å². The third-order valence-electron chi connectivity index (χ3n) is 4.60. The first-order valence-corrected chi connectivity index (χ1v) is 10.1. The summed E-state index contributed by atoms with van der Waals surface area (Å²) in [6, 6.07) is 16.1. The minimum absolute atomic E-state index is 0. The van der Waals surface area contributed by atoms with Gasteiger partial charge in [-0.15, -0.1) is 24.0 Å². The molecule has 0 unspecified atom stereocenters. The molecule has 0 saturated carbocycles. The van der Waals surface area contributed by atoms with Crippen LogP contribution in [-0.2, 0) is 13.0 Å². The molecule has 0 saturated heterocycles. The lowest BCUT2D eigenvalue weighted by Crippen LogP contribution is -2.38. The highest BCUT2D eigenvalue weighted by Gasteiger charge is 2.05. The van der Waals surface area contributed by atoms with Gasteiger partial charge in [0.15, 0.2) is 17.5 Å². The predicted octanol–water partition coefficient (Wildman–Crippen LogP) is 3.81. The summed E-state index contributed by atoms with van der Waals surface area (Å²) in [6.07, 6.45) is 4.55. The third kappa shape index (κ3) is 7.16. The second kappa shape index (κ2) is 12.8. The fourth-order valence-electron chi connectivity index (χ4n) is 3.09. The molecule has 0 amide bonds. The highest BCUT2D eigenvalue weighted by atomic mass is 127. The quantitative estimate of drug-likeness (QED) is 0.248. The minimum Gasteiger partial charge on any atom is -0.493 e. The zero-order valence-electron chi connectivity index (χ0n) is 18.2. The van der Waals surface area contributed by atoms with E-state index in [2.05, 4.69) is 34.8 Å². The molecule has 0 spiro atoms. The highest BCUT2D eigenvalue weighted by Crippen LogP contribution is 2.27. The van der Waals surface area contributed by atoms with Crippen molar-refractivity contribution in [1.82, 2.24) is 20.4 Å². The SMILES string of the molecule is CCNC(=NCc1cccc(-n2cccn2)c1)NCCc1ccc(OC)c(OC)c1.I. The van der Waals surface area contributed by atoms with Crippen LogP contribution in [0.15, 0.2) is 65.9 Å². The first kappa shape index (κ1) is 24.5. The molecule has 0 atom stereocenters. The second-order valence-electron chi connectivity index (χ2n) is 6.68. The highest BCUT2D eigenvalue weighted by molar-refractivity contribution is 14.0. The minimum atomic E-state index is 0. The molecule has 0 aliphatic heterocycles. The molecule has 31 heavy (non-hydrogen) atoms. The van der Waals surface area contributed by atoms with Gasteiger partial charge in [-0.1, -0.05) is 18.2 Å². The molecule has 8 heteroatoms. The van der Waals surface area contributed by atoms with E-state index in [4.69, 9.17) is 14.5 Å². The zero-order valence-corrected chi connectivity index (χ0v) is 20.5. The first-order chi connectivity index (χ1) is 14.7. The summed E-state index contributed by atoms with van der Waals surface area (Å²) < 4.78 is 12.5. The van der Waals surface area contributed by atoms with Crippen molar-refractivity contribution in [2.75, 3.05) is 27.3 Å². The van der Waals surface area contributed by atoms with Crippen molar-refractivity contribution in [3.8, 4) is 17.2 Å². The number of benzene rings is 2. The Balaban J connectivity index is 0.00000341. The van der Waals surface area contributed by atoms with Gasteiger partial charge >= 0.3 is 0 Å². The topological polar surface area (TPSA) is 72.7 Å². The number of aliphatic imine (C=N–C) groups is 1. The number of guanidine groups is 1. The summed E-state index contributed by atoms with van der Waals surface area (Å²) in [5.74, 6) is 2.27. The summed E-state index contributed by atoms with van der Waals surface area (Å²) in [6.45, 7) is 4.20. The Morgan fingerprint density at radius 1 is 1.00 bits per heavy atom. The first-order valence-electron chi connectivity index (χ1n) is 10.1. The Kier molecular flexibility index (Phi) is 10.2. The number of hydrogen-bond donors (Lipinski definition) is 2. The maximum atomic E-state index is 5.38. The van der Waals surface area contributed by atoms with Crippen LogP contribution in [0.3, 0.4) is 0 Å². The van der Waals surface area contributed by atoms with Gasteiger partial charge in [0.2, 0.25) is 0 Å². The van der Waals surface area contributed by atoms with Gasteiger partial charge in [0.05, 0.1) is 26.5 Å². The van der Waals surface area contributed by atoms with Crippen LogP contribution in [0, 0.1) is 0 Å². The zero-order chi connectivity index (χ0) is 21.2. The Morgan fingerprint density at radius 3 is 2.55 bits per heavy atom. The van der Waals surface area contributed by atoms with Gasteiger partial charge in [-0.05, 0) is 54.8 Å². The largest absolute Gasteiger partial charge is 0.493 e. The van der Waals surface area contributed by atoms with E-state index in [0.29, 0.717) is 6.54 Å². The molecular weight excluding hydrogens is 505 g/mol. The smallest absolute Gasteiger partial charge is 0.191 e. The van der Waals surface area contributed by atoms with Crippen molar-refractivity contribution < 1.29 is 9.47 Å². The van der Waals surface area contributed by atoms with Crippen LogP contribution < -0.4 is 20.1 Å². The average Bonchev–Trinajstić information content (AvgIpc) is 3.32. The van der Waals surface area contributed by atoms with Crippen molar-refractivity contribution in [2.24, 2.45) is 4.99 Å². The summed E-state index contributed by atoms with van der Waals surface area (Å²) in [5.41, 5.74) is 3.32. The van der Waals surface area contributed by atoms with Crippen LogP contribution in [0.5, 0.6) is 11.5 Å². The van der Waals surface area contributed by atoms with Gasteiger partial charge in [-0.25, -0.2) is 9.67 Å². The molecule has 166 valence electrons. The lowest BCUT2D eigenvalue weighted by Gasteiger charge is -2.13. The maximum absolute atomic E-state index is 5.38. The van der Waals surface area contributed by atoms with Gasteiger partial charge < -0.3 is 20.1 Å². The lowest BCUT2D eigenvalue weighted by atomic mass is 10.1. The van der Waals surface area contributed by atoms with Crippen LogP contribution in [0.4, 0.5) is 0 Å². The number of halogens is 1. The van der Waals surface area contributed by atoms with Gasteiger partial charge in [-0.2, -0.15) is 5.10 Å². The van der Waals surface area contributed by atoms with Crippen LogP contribution >= 0.6 is 24.0 Å². The number of rotatable bonds is 9. The Hall–Kier alpha value is -2.75. The molecular formula is C23H30IN5O2. The van der Waals surface area contributed by atoms with E-state index >= 15 is 0 Å². The number of ether oxygens (including phenoxy) is 2. The second-order valence-corrected chi connectivity index (χ2v) is 6.68. The third-order valence-corrected chi connectivity index (χ3v) is 4.60. The molecule has 0 aliphatic rings. The molecule has 3 rings (SSSR count). The summed E-state index contributed by atoms with van der Waals surface area (Å²) in [7, 11) is 3.29. The van der Waals surface area contributed by atoms with Crippen molar-refractivity contribution in [1.29, 1.82) is 0 Å². The summed E-state index contributed by atoms with van der Waals surface area (Å²) >= 11 is 0. The molecule has 3 aromatic rings. The van der Waals surface area contributed by atoms with Crippen LogP contribution in [0.2, 0.25) is 0 Å². The molecule has 2 N–H and O–H groups in total. The van der Waals surface area contributed by atoms with Crippen molar-refractivity contribution >= 4 is 29.9 Å². The average molecular weight is 535 g/mol. The van der Waals surface area contributed by atoms with E-state index in [1.807, 2.05) is 47.3 Å².